The second-order valence-electron chi connectivity index (χ2n) is 4.56. The van der Waals surface area contributed by atoms with Crippen molar-refractivity contribution in [3.8, 4) is 0 Å². The highest BCUT2D eigenvalue weighted by atomic mass is 79.9. The largest absolute Gasteiger partial charge is 0.310 e. The number of hydrogen-bond acceptors (Lipinski definition) is 4. The van der Waals surface area contributed by atoms with E-state index in [2.05, 4.69) is 63.4 Å². The zero-order valence-electron chi connectivity index (χ0n) is 11.2. The van der Waals surface area contributed by atoms with Gasteiger partial charge in [-0.15, -0.1) is 0 Å². The topological polar surface area (TPSA) is 42.7 Å². The van der Waals surface area contributed by atoms with Crippen molar-refractivity contribution in [2.75, 3.05) is 0 Å². The van der Waals surface area contributed by atoms with E-state index in [1.54, 1.807) is 22.8 Å². The summed E-state index contributed by atoms with van der Waals surface area (Å²) in [5.41, 5.74) is 1.26. The van der Waals surface area contributed by atoms with Crippen molar-refractivity contribution in [3.63, 3.8) is 0 Å². The Hall–Kier alpha value is -0.850. The van der Waals surface area contributed by atoms with Crippen molar-refractivity contribution in [1.29, 1.82) is 0 Å². The molecule has 0 aliphatic carbocycles. The highest BCUT2D eigenvalue weighted by Crippen LogP contribution is 2.30. The summed E-state index contributed by atoms with van der Waals surface area (Å²) in [5, 5.41) is 8.44. The number of rotatable bonds is 5. The Morgan fingerprint density at radius 1 is 1.42 bits per heavy atom. The predicted octanol–water partition coefficient (Wildman–Crippen LogP) is 3.23. The normalized spacial score (nSPS) is 11.2. The third-order valence-electron chi connectivity index (χ3n) is 2.59. The van der Waals surface area contributed by atoms with E-state index >= 15 is 0 Å². The van der Waals surface area contributed by atoms with Crippen LogP contribution in [0.1, 0.15) is 19.4 Å². The van der Waals surface area contributed by atoms with Gasteiger partial charge in [-0.25, -0.2) is 9.67 Å². The van der Waals surface area contributed by atoms with Gasteiger partial charge in [0.2, 0.25) is 0 Å². The molecule has 6 heteroatoms. The van der Waals surface area contributed by atoms with Gasteiger partial charge in [-0.2, -0.15) is 5.10 Å². The number of hydrogen-bond donors (Lipinski definition) is 1. The molecule has 0 bridgehead atoms. The summed E-state index contributed by atoms with van der Waals surface area (Å²) in [5.74, 6) is 0. The van der Waals surface area contributed by atoms with Crippen LogP contribution in [-0.2, 0) is 13.6 Å². The minimum Gasteiger partial charge on any atom is -0.310 e. The predicted molar refractivity (Wildman–Crippen MR) is 81.2 cm³/mol. The quantitative estimate of drug-likeness (QED) is 0.907. The summed E-state index contributed by atoms with van der Waals surface area (Å²) in [4.78, 5) is 5.45. The van der Waals surface area contributed by atoms with Gasteiger partial charge in [0.25, 0.3) is 0 Å². The van der Waals surface area contributed by atoms with Crippen LogP contribution in [0.25, 0.3) is 0 Å². The fraction of sp³-hybridized carbons (Fsp3) is 0.385. The second-order valence-corrected chi connectivity index (χ2v) is 6.48. The van der Waals surface area contributed by atoms with Crippen LogP contribution in [-0.4, -0.2) is 20.8 Å². The highest BCUT2D eigenvalue weighted by molar-refractivity contribution is 9.10. The van der Waals surface area contributed by atoms with E-state index in [0.717, 1.165) is 16.2 Å². The van der Waals surface area contributed by atoms with E-state index in [9.17, 15) is 0 Å². The summed E-state index contributed by atoms with van der Waals surface area (Å²) in [7, 11) is 1.90. The summed E-state index contributed by atoms with van der Waals surface area (Å²) in [6.45, 7) is 5.14. The van der Waals surface area contributed by atoms with Gasteiger partial charge in [-0.05, 0) is 35.5 Å². The van der Waals surface area contributed by atoms with E-state index in [1.165, 1.54) is 10.5 Å². The molecule has 0 spiro atoms. The van der Waals surface area contributed by atoms with Gasteiger partial charge in [0.05, 0.1) is 0 Å². The monoisotopic (exact) mass is 340 g/mol. The average Bonchev–Trinajstić information content (AvgIpc) is 2.75. The summed E-state index contributed by atoms with van der Waals surface area (Å²) in [6.07, 6.45) is 1.58. The van der Waals surface area contributed by atoms with E-state index < -0.39 is 0 Å². The maximum absolute atomic E-state index is 4.25. The van der Waals surface area contributed by atoms with Gasteiger partial charge < -0.3 is 5.32 Å². The van der Waals surface area contributed by atoms with Gasteiger partial charge in [0.1, 0.15) is 6.33 Å². The first-order valence-corrected chi connectivity index (χ1v) is 7.71. The fourth-order valence-corrected chi connectivity index (χ4v) is 2.86. The Bertz CT molecular complexity index is 553. The molecule has 0 saturated carbocycles. The lowest BCUT2D eigenvalue weighted by Gasteiger charge is -2.12. The Morgan fingerprint density at radius 2 is 2.21 bits per heavy atom. The molecule has 1 aromatic heterocycles. The SMILES string of the molecule is CC(C)NCc1cc(Br)ccc1Sc1ncnn1C. The van der Waals surface area contributed by atoms with Crippen LogP contribution in [0.5, 0.6) is 0 Å². The number of nitrogens with one attached hydrogen (secondary N) is 1. The molecule has 2 rings (SSSR count). The van der Waals surface area contributed by atoms with Gasteiger partial charge in [0, 0.05) is 29.0 Å². The van der Waals surface area contributed by atoms with Crippen molar-refractivity contribution >= 4 is 27.7 Å². The fourth-order valence-electron chi connectivity index (χ4n) is 1.58. The van der Waals surface area contributed by atoms with Crippen molar-refractivity contribution in [2.24, 2.45) is 7.05 Å². The first-order valence-electron chi connectivity index (χ1n) is 6.10. The van der Waals surface area contributed by atoms with Gasteiger partial charge in [-0.1, -0.05) is 29.8 Å². The molecule has 0 aliphatic heterocycles. The molecule has 4 nitrogen and oxygen atoms in total. The molecule has 0 saturated heterocycles. The summed E-state index contributed by atoms with van der Waals surface area (Å²) >= 11 is 5.16. The molecule has 2 aromatic rings. The molecule has 0 aliphatic rings. The number of nitrogens with zero attached hydrogens (tertiary/aromatic N) is 3. The molecule has 0 amide bonds. The standard InChI is InChI=1S/C13H17BrN4S/c1-9(2)15-7-10-6-11(14)4-5-12(10)19-13-16-8-17-18(13)3/h4-6,8-9,15H,7H2,1-3H3. The van der Waals surface area contributed by atoms with Crippen molar-refractivity contribution in [1.82, 2.24) is 20.1 Å². The maximum Gasteiger partial charge on any atom is 0.190 e. The van der Waals surface area contributed by atoms with Gasteiger partial charge in [0.15, 0.2) is 5.16 Å². The zero-order chi connectivity index (χ0) is 13.8. The number of aryl methyl sites for hydroxylation is 1. The van der Waals surface area contributed by atoms with Crippen LogP contribution in [0.15, 0.2) is 39.1 Å². The van der Waals surface area contributed by atoms with Crippen molar-refractivity contribution < 1.29 is 0 Å². The van der Waals surface area contributed by atoms with Crippen LogP contribution < -0.4 is 5.32 Å². The van der Waals surface area contributed by atoms with Crippen LogP contribution in [0, 0.1) is 0 Å². The molecule has 0 unspecified atom stereocenters. The molecule has 0 fully saturated rings. The Balaban J connectivity index is 2.21. The van der Waals surface area contributed by atoms with E-state index in [0.29, 0.717) is 6.04 Å². The molecular weight excluding hydrogens is 324 g/mol. The second kappa shape index (κ2) is 6.54. The Labute approximate surface area is 126 Å². The molecule has 19 heavy (non-hydrogen) atoms. The van der Waals surface area contributed by atoms with Crippen molar-refractivity contribution in [3.05, 3.63) is 34.6 Å². The molecular formula is C13H17BrN4S. The van der Waals surface area contributed by atoms with Gasteiger partial charge in [-0.3, -0.25) is 0 Å². The maximum atomic E-state index is 4.25. The molecule has 1 heterocycles. The summed E-state index contributed by atoms with van der Waals surface area (Å²) < 4.78 is 2.88. The highest BCUT2D eigenvalue weighted by Gasteiger charge is 2.09. The summed E-state index contributed by atoms with van der Waals surface area (Å²) in [6, 6.07) is 6.78. The number of benzene rings is 1. The first kappa shape index (κ1) is 14.6. The van der Waals surface area contributed by atoms with Crippen LogP contribution in [0.2, 0.25) is 0 Å². The van der Waals surface area contributed by atoms with Crippen LogP contribution in [0.4, 0.5) is 0 Å². The molecule has 1 aromatic carbocycles. The minimum atomic E-state index is 0.464. The molecule has 1 N–H and O–H groups in total. The lowest BCUT2D eigenvalue weighted by Crippen LogP contribution is -2.22. The van der Waals surface area contributed by atoms with Gasteiger partial charge >= 0.3 is 0 Å². The van der Waals surface area contributed by atoms with E-state index in [4.69, 9.17) is 0 Å². The minimum absolute atomic E-state index is 0.464. The van der Waals surface area contributed by atoms with E-state index in [1.807, 2.05) is 7.05 Å². The Morgan fingerprint density at radius 3 is 2.84 bits per heavy atom. The third kappa shape index (κ3) is 4.06. The lowest BCUT2D eigenvalue weighted by molar-refractivity contribution is 0.584. The zero-order valence-corrected chi connectivity index (χ0v) is 13.6. The Kier molecular flexibility index (Phi) is 5.01. The average molecular weight is 341 g/mol. The lowest BCUT2D eigenvalue weighted by atomic mass is 10.2. The third-order valence-corrected chi connectivity index (χ3v) is 4.26. The number of halogens is 1. The molecule has 0 radical (unpaired) electrons. The van der Waals surface area contributed by atoms with Crippen LogP contribution in [0.3, 0.4) is 0 Å². The van der Waals surface area contributed by atoms with E-state index in [-0.39, 0.29) is 0 Å². The first-order chi connectivity index (χ1) is 9.06. The molecule has 0 atom stereocenters. The van der Waals surface area contributed by atoms with Crippen molar-refractivity contribution in [2.45, 2.75) is 36.5 Å². The number of aromatic nitrogens is 3. The molecule has 102 valence electrons. The smallest absolute Gasteiger partial charge is 0.190 e. The van der Waals surface area contributed by atoms with Crippen LogP contribution >= 0.6 is 27.7 Å².